The fourth-order valence-corrected chi connectivity index (χ4v) is 2.54. The molecular formula is C14H10N4S. The molecule has 1 aromatic carbocycles. The molecule has 0 atom stereocenters. The van der Waals surface area contributed by atoms with Crippen molar-refractivity contribution in [2.24, 2.45) is 0 Å². The largest absolute Gasteiger partial charge is 0.333 e. The first-order chi connectivity index (χ1) is 9.24. The summed E-state index contributed by atoms with van der Waals surface area (Å²) in [6.45, 7) is 2.05. The Morgan fingerprint density at radius 3 is 2.89 bits per heavy atom. The number of aromatic amines is 1. The zero-order valence-electron chi connectivity index (χ0n) is 10.2. The van der Waals surface area contributed by atoms with Gasteiger partial charge in [-0.25, -0.2) is 9.97 Å². The number of benzene rings is 1. The SMILES string of the molecule is Cc1ccc2nc(Sc3ccc(C#N)nc3)[nH]c2c1. The lowest BCUT2D eigenvalue weighted by atomic mass is 10.2. The molecule has 1 N–H and O–H groups in total. The molecule has 0 aliphatic rings. The highest BCUT2D eigenvalue weighted by Gasteiger charge is 2.05. The van der Waals surface area contributed by atoms with Crippen LogP contribution in [0.2, 0.25) is 0 Å². The van der Waals surface area contributed by atoms with Crippen molar-refractivity contribution in [3.8, 4) is 6.07 Å². The first kappa shape index (κ1) is 11.8. The monoisotopic (exact) mass is 266 g/mol. The highest BCUT2D eigenvalue weighted by molar-refractivity contribution is 7.99. The summed E-state index contributed by atoms with van der Waals surface area (Å²) in [5.41, 5.74) is 3.61. The van der Waals surface area contributed by atoms with Crippen LogP contribution in [0.3, 0.4) is 0 Å². The van der Waals surface area contributed by atoms with Crippen LogP contribution in [-0.2, 0) is 0 Å². The van der Waals surface area contributed by atoms with Crippen LogP contribution in [0.25, 0.3) is 11.0 Å². The number of hydrogen-bond acceptors (Lipinski definition) is 4. The van der Waals surface area contributed by atoms with Crippen molar-refractivity contribution in [2.45, 2.75) is 17.0 Å². The van der Waals surface area contributed by atoms with Crippen LogP contribution in [-0.4, -0.2) is 15.0 Å². The van der Waals surface area contributed by atoms with Crippen molar-refractivity contribution in [1.29, 1.82) is 5.26 Å². The number of imidazole rings is 1. The van der Waals surface area contributed by atoms with E-state index >= 15 is 0 Å². The predicted molar refractivity (Wildman–Crippen MR) is 73.9 cm³/mol. The van der Waals surface area contributed by atoms with Crippen molar-refractivity contribution in [1.82, 2.24) is 15.0 Å². The highest BCUT2D eigenvalue weighted by Crippen LogP contribution is 2.26. The predicted octanol–water partition coefficient (Wildman–Crippen LogP) is 3.29. The standard InChI is InChI=1S/C14H10N4S/c1-9-2-5-12-13(6-9)18-14(17-12)19-11-4-3-10(7-15)16-8-11/h2-6,8H,1H3,(H,17,18). The first-order valence-corrected chi connectivity index (χ1v) is 6.56. The Labute approximate surface area is 114 Å². The quantitative estimate of drug-likeness (QED) is 0.773. The van der Waals surface area contributed by atoms with Crippen LogP contribution >= 0.6 is 11.8 Å². The van der Waals surface area contributed by atoms with E-state index < -0.39 is 0 Å². The van der Waals surface area contributed by atoms with E-state index in [0.717, 1.165) is 21.1 Å². The molecule has 19 heavy (non-hydrogen) atoms. The summed E-state index contributed by atoms with van der Waals surface area (Å²) in [6, 6.07) is 11.7. The number of aryl methyl sites for hydroxylation is 1. The molecular weight excluding hydrogens is 256 g/mol. The molecule has 3 rings (SSSR count). The van der Waals surface area contributed by atoms with Crippen molar-refractivity contribution >= 4 is 22.8 Å². The molecule has 2 heterocycles. The summed E-state index contributed by atoms with van der Waals surface area (Å²) >= 11 is 1.50. The van der Waals surface area contributed by atoms with Gasteiger partial charge in [-0.05, 0) is 36.8 Å². The molecule has 0 bridgehead atoms. The number of pyridine rings is 1. The molecule has 0 radical (unpaired) electrons. The fraction of sp³-hybridized carbons (Fsp3) is 0.0714. The van der Waals surface area contributed by atoms with Gasteiger partial charge in [0.2, 0.25) is 0 Å². The number of aromatic nitrogens is 3. The van der Waals surface area contributed by atoms with Gasteiger partial charge in [0, 0.05) is 11.1 Å². The van der Waals surface area contributed by atoms with Crippen LogP contribution in [0.5, 0.6) is 0 Å². The number of nitrogens with one attached hydrogen (secondary N) is 1. The molecule has 4 nitrogen and oxygen atoms in total. The minimum absolute atomic E-state index is 0.421. The van der Waals surface area contributed by atoms with E-state index in [1.54, 1.807) is 12.3 Å². The van der Waals surface area contributed by atoms with Gasteiger partial charge < -0.3 is 4.98 Å². The molecule has 0 saturated carbocycles. The van der Waals surface area contributed by atoms with Gasteiger partial charge >= 0.3 is 0 Å². The Balaban J connectivity index is 1.90. The van der Waals surface area contributed by atoms with E-state index in [-0.39, 0.29) is 0 Å². The molecule has 0 aliphatic carbocycles. The van der Waals surface area contributed by atoms with E-state index in [1.165, 1.54) is 17.3 Å². The van der Waals surface area contributed by atoms with Gasteiger partial charge in [0.25, 0.3) is 0 Å². The van der Waals surface area contributed by atoms with E-state index in [1.807, 2.05) is 24.3 Å². The number of nitrogens with zero attached hydrogens (tertiary/aromatic N) is 3. The number of rotatable bonds is 2. The van der Waals surface area contributed by atoms with Crippen LogP contribution in [0.4, 0.5) is 0 Å². The second kappa shape index (κ2) is 4.75. The average Bonchev–Trinajstić information content (AvgIpc) is 2.81. The minimum Gasteiger partial charge on any atom is -0.333 e. The summed E-state index contributed by atoms with van der Waals surface area (Å²) in [4.78, 5) is 12.8. The van der Waals surface area contributed by atoms with Crippen molar-refractivity contribution in [3.63, 3.8) is 0 Å². The minimum atomic E-state index is 0.421. The lowest BCUT2D eigenvalue weighted by Gasteiger charge is -1.96. The van der Waals surface area contributed by atoms with Crippen LogP contribution in [0, 0.1) is 18.3 Å². The van der Waals surface area contributed by atoms with Gasteiger partial charge in [-0.2, -0.15) is 5.26 Å². The Bertz CT molecular complexity index is 768. The van der Waals surface area contributed by atoms with Gasteiger partial charge in [0.1, 0.15) is 11.8 Å². The van der Waals surface area contributed by atoms with Crippen molar-refractivity contribution in [3.05, 3.63) is 47.8 Å². The summed E-state index contributed by atoms with van der Waals surface area (Å²) in [7, 11) is 0. The number of H-pyrrole nitrogens is 1. The molecule has 0 saturated heterocycles. The third kappa shape index (κ3) is 2.44. The first-order valence-electron chi connectivity index (χ1n) is 5.75. The van der Waals surface area contributed by atoms with Crippen LogP contribution in [0.15, 0.2) is 46.6 Å². The topological polar surface area (TPSA) is 65.4 Å². The maximum atomic E-state index is 8.70. The zero-order valence-corrected chi connectivity index (χ0v) is 11.0. The fourth-order valence-electron chi connectivity index (χ4n) is 1.77. The molecule has 3 aromatic rings. The smallest absolute Gasteiger partial charge is 0.171 e. The second-order valence-corrected chi connectivity index (χ2v) is 5.22. The van der Waals surface area contributed by atoms with Gasteiger partial charge in [-0.15, -0.1) is 0 Å². The Morgan fingerprint density at radius 1 is 1.26 bits per heavy atom. The van der Waals surface area contributed by atoms with E-state index in [0.29, 0.717) is 5.69 Å². The molecule has 0 amide bonds. The van der Waals surface area contributed by atoms with E-state index in [2.05, 4.69) is 27.9 Å². The second-order valence-electron chi connectivity index (χ2n) is 4.16. The molecule has 0 unspecified atom stereocenters. The van der Waals surface area contributed by atoms with Gasteiger partial charge in [-0.1, -0.05) is 17.8 Å². The van der Waals surface area contributed by atoms with Crippen LogP contribution in [0.1, 0.15) is 11.3 Å². The van der Waals surface area contributed by atoms with Gasteiger partial charge in [-0.3, -0.25) is 0 Å². The van der Waals surface area contributed by atoms with Gasteiger partial charge in [0.05, 0.1) is 11.0 Å². The van der Waals surface area contributed by atoms with E-state index in [9.17, 15) is 0 Å². The highest BCUT2D eigenvalue weighted by atomic mass is 32.2. The number of hydrogen-bond donors (Lipinski definition) is 1. The molecule has 5 heteroatoms. The summed E-state index contributed by atoms with van der Waals surface area (Å²) in [5.74, 6) is 0. The molecule has 0 aliphatic heterocycles. The average molecular weight is 266 g/mol. The maximum Gasteiger partial charge on any atom is 0.171 e. The van der Waals surface area contributed by atoms with Gasteiger partial charge in [0.15, 0.2) is 5.16 Å². The summed E-state index contributed by atoms with van der Waals surface area (Å²) < 4.78 is 0. The Hall–Kier alpha value is -2.32. The molecule has 92 valence electrons. The summed E-state index contributed by atoms with van der Waals surface area (Å²) in [5, 5.41) is 9.53. The lowest BCUT2D eigenvalue weighted by molar-refractivity contribution is 1.07. The maximum absolute atomic E-state index is 8.70. The van der Waals surface area contributed by atoms with Crippen LogP contribution < -0.4 is 0 Å². The zero-order chi connectivity index (χ0) is 13.2. The normalized spacial score (nSPS) is 10.5. The Morgan fingerprint density at radius 2 is 2.16 bits per heavy atom. The Kier molecular flexibility index (Phi) is 2.94. The summed E-state index contributed by atoms with van der Waals surface area (Å²) in [6.07, 6.45) is 1.68. The number of fused-ring (bicyclic) bond motifs is 1. The number of nitriles is 1. The molecule has 0 spiro atoms. The molecule has 0 fully saturated rings. The lowest BCUT2D eigenvalue weighted by Crippen LogP contribution is -1.82. The third-order valence-electron chi connectivity index (χ3n) is 2.68. The van der Waals surface area contributed by atoms with Crippen molar-refractivity contribution < 1.29 is 0 Å². The van der Waals surface area contributed by atoms with E-state index in [4.69, 9.17) is 5.26 Å². The van der Waals surface area contributed by atoms with Crippen molar-refractivity contribution in [2.75, 3.05) is 0 Å². The third-order valence-corrected chi connectivity index (χ3v) is 3.54. The molecule has 2 aromatic heterocycles.